The van der Waals surface area contributed by atoms with Crippen molar-refractivity contribution in [3.05, 3.63) is 35.7 Å². The van der Waals surface area contributed by atoms with Gasteiger partial charge in [0.1, 0.15) is 0 Å². The van der Waals surface area contributed by atoms with Gasteiger partial charge in [0.25, 0.3) is 0 Å². The molecule has 0 saturated heterocycles. The van der Waals surface area contributed by atoms with Crippen LogP contribution in [0.15, 0.2) is 24.3 Å². The average molecular weight is 278 g/mol. The Morgan fingerprint density at radius 2 is 2.21 bits per heavy atom. The second kappa shape index (κ2) is 5.83. The second-order valence-corrected chi connectivity index (χ2v) is 4.81. The van der Waals surface area contributed by atoms with Gasteiger partial charge in [0.05, 0.1) is 10.9 Å². The normalized spacial score (nSPS) is 12.3. The predicted octanol–water partition coefficient (Wildman–Crippen LogP) is 1.81. The SMILES string of the molecule is Cc1ccccc1-n1nnnc1C(S)CCC(=O)O. The van der Waals surface area contributed by atoms with Crippen molar-refractivity contribution < 1.29 is 9.90 Å². The molecule has 0 aliphatic rings. The van der Waals surface area contributed by atoms with Crippen molar-refractivity contribution in [3.63, 3.8) is 0 Å². The number of rotatable bonds is 5. The average Bonchev–Trinajstić information content (AvgIpc) is 2.85. The summed E-state index contributed by atoms with van der Waals surface area (Å²) in [7, 11) is 0. The molecule has 100 valence electrons. The van der Waals surface area contributed by atoms with Gasteiger partial charge in [-0.05, 0) is 35.4 Å². The van der Waals surface area contributed by atoms with E-state index in [0.29, 0.717) is 12.2 Å². The fourth-order valence-electron chi connectivity index (χ4n) is 1.76. The van der Waals surface area contributed by atoms with E-state index in [1.54, 1.807) is 4.68 Å². The van der Waals surface area contributed by atoms with Gasteiger partial charge in [0.2, 0.25) is 0 Å². The van der Waals surface area contributed by atoms with E-state index in [4.69, 9.17) is 5.11 Å². The van der Waals surface area contributed by atoms with Gasteiger partial charge in [-0.3, -0.25) is 4.79 Å². The zero-order chi connectivity index (χ0) is 13.8. The number of aliphatic carboxylic acids is 1. The maximum atomic E-state index is 10.6. The number of hydrogen-bond acceptors (Lipinski definition) is 5. The first kappa shape index (κ1) is 13.5. The van der Waals surface area contributed by atoms with Crippen molar-refractivity contribution >= 4 is 18.6 Å². The summed E-state index contributed by atoms with van der Waals surface area (Å²) >= 11 is 4.39. The summed E-state index contributed by atoms with van der Waals surface area (Å²) in [5.41, 5.74) is 1.91. The van der Waals surface area contributed by atoms with Crippen LogP contribution >= 0.6 is 12.6 Å². The molecule has 0 bridgehead atoms. The largest absolute Gasteiger partial charge is 0.481 e. The molecule has 2 rings (SSSR count). The van der Waals surface area contributed by atoms with Gasteiger partial charge in [-0.25, -0.2) is 0 Å². The van der Waals surface area contributed by atoms with E-state index in [-0.39, 0.29) is 11.7 Å². The molecular weight excluding hydrogens is 264 g/mol. The Kier molecular flexibility index (Phi) is 4.16. The van der Waals surface area contributed by atoms with Gasteiger partial charge >= 0.3 is 5.97 Å². The third-order valence-corrected chi connectivity index (χ3v) is 3.26. The van der Waals surface area contributed by atoms with Gasteiger partial charge in [-0.2, -0.15) is 17.3 Å². The summed E-state index contributed by atoms with van der Waals surface area (Å²) in [4.78, 5) is 10.6. The molecule has 1 unspecified atom stereocenters. The van der Waals surface area contributed by atoms with Crippen molar-refractivity contribution in [2.24, 2.45) is 0 Å². The number of carboxylic acids is 1. The molecule has 2 aromatic rings. The van der Waals surface area contributed by atoms with Crippen LogP contribution in [-0.2, 0) is 4.79 Å². The molecule has 0 aliphatic heterocycles. The third-order valence-electron chi connectivity index (χ3n) is 2.77. The zero-order valence-corrected chi connectivity index (χ0v) is 11.3. The van der Waals surface area contributed by atoms with E-state index < -0.39 is 5.97 Å². The molecule has 19 heavy (non-hydrogen) atoms. The van der Waals surface area contributed by atoms with E-state index in [1.807, 2.05) is 31.2 Å². The smallest absolute Gasteiger partial charge is 0.303 e. The molecule has 1 atom stereocenters. The highest BCUT2D eigenvalue weighted by atomic mass is 32.1. The minimum Gasteiger partial charge on any atom is -0.481 e. The molecular formula is C12H14N4O2S. The van der Waals surface area contributed by atoms with Crippen LogP contribution in [0.1, 0.15) is 29.5 Å². The number of carbonyl (C=O) groups is 1. The Labute approximate surface area is 115 Å². The standard InChI is InChI=1S/C12H14N4O2S/c1-8-4-2-3-5-9(8)16-12(13-14-15-16)10(19)6-7-11(17)18/h2-5,10,19H,6-7H2,1H3,(H,17,18). The van der Waals surface area contributed by atoms with Crippen LogP contribution < -0.4 is 0 Å². The molecule has 7 heteroatoms. The lowest BCUT2D eigenvalue weighted by molar-refractivity contribution is -0.137. The van der Waals surface area contributed by atoms with Gasteiger partial charge in [-0.15, -0.1) is 5.10 Å². The van der Waals surface area contributed by atoms with E-state index in [2.05, 4.69) is 28.2 Å². The highest BCUT2D eigenvalue weighted by Crippen LogP contribution is 2.25. The van der Waals surface area contributed by atoms with Crippen LogP contribution in [0, 0.1) is 6.92 Å². The summed E-state index contributed by atoms with van der Waals surface area (Å²) in [6, 6.07) is 7.71. The molecule has 1 aromatic carbocycles. The number of nitrogens with zero attached hydrogens (tertiary/aromatic N) is 4. The van der Waals surface area contributed by atoms with Crippen LogP contribution in [0.5, 0.6) is 0 Å². The summed E-state index contributed by atoms with van der Waals surface area (Å²) in [5.74, 6) is -0.298. The van der Waals surface area contributed by atoms with Gasteiger partial charge in [0, 0.05) is 6.42 Å². The Hall–Kier alpha value is -1.89. The molecule has 1 aromatic heterocycles. The van der Waals surface area contributed by atoms with E-state index in [1.165, 1.54) is 0 Å². The number of aromatic nitrogens is 4. The number of para-hydroxylation sites is 1. The van der Waals surface area contributed by atoms with Crippen LogP contribution in [0.3, 0.4) is 0 Å². The number of benzene rings is 1. The van der Waals surface area contributed by atoms with Gasteiger partial charge in [-0.1, -0.05) is 18.2 Å². The quantitative estimate of drug-likeness (QED) is 0.815. The van der Waals surface area contributed by atoms with E-state index in [0.717, 1.165) is 11.3 Å². The fraction of sp³-hybridized carbons (Fsp3) is 0.333. The van der Waals surface area contributed by atoms with Crippen LogP contribution in [0.4, 0.5) is 0 Å². The number of thiol groups is 1. The minimum atomic E-state index is -0.853. The lowest BCUT2D eigenvalue weighted by atomic mass is 10.2. The molecule has 0 saturated carbocycles. The van der Waals surface area contributed by atoms with Gasteiger partial charge in [0.15, 0.2) is 5.82 Å². The topological polar surface area (TPSA) is 80.9 Å². The minimum absolute atomic E-state index is 0.0365. The lowest BCUT2D eigenvalue weighted by Crippen LogP contribution is -2.08. The molecule has 6 nitrogen and oxygen atoms in total. The number of aryl methyl sites for hydroxylation is 1. The molecule has 1 N–H and O–H groups in total. The zero-order valence-electron chi connectivity index (χ0n) is 10.4. The predicted molar refractivity (Wildman–Crippen MR) is 72.5 cm³/mol. The second-order valence-electron chi connectivity index (χ2n) is 4.18. The van der Waals surface area contributed by atoms with Crippen molar-refractivity contribution in [1.29, 1.82) is 0 Å². The number of hydrogen-bond donors (Lipinski definition) is 2. The molecule has 0 spiro atoms. The van der Waals surface area contributed by atoms with Crippen LogP contribution in [-0.4, -0.2) is 31.3 Å². The lowest BCUT2D eigenvalue weighted by Gasteiger charge is -2.11. The van der Waals surface area contributed by atoms with Crippen LogP contribution in [0.2, 0.25) is 0 Å². The van der Waals surface area contributed by atoms with Crippen molar-refractivity contribution in [2.75, 3.05) is 0 Å². The van der Waals surface area contributed by atoms with E-state index >= 15 is 0 Å². The first-order valence-corrected chi connectivity index (χ1v) is 6.35. The number of tetrazole rings is 1. The summed E-state index contributed by atoms with van der Waals surface area (Å²) < 4.78 is 1.61. The number of carboxylic acid groups (broad SMARTS) is 1. The molecule has 0 radical (unpaired) electrons. The van der Waals surface area contributed by atoms with Crippen molar-refractivity contribution in [1.82, 2.24) is 20.2 Å². The maximum absolute atomic E-state index is 10.6. The van der Waals surface area contributed by atoms with Crippen LogP contribution in [0.25, 0.3) is 5.69 Å². The Morgan fingerprint density at radius 1 is 1.47 bits per heavy atom. The highest BCUT2D eigenvalue weighted by Gasteiger charge is 2.18. The summed E-state index contributed by atoms with van der Waals surface area (Å²) in [6.07, 6.45) is 0.416. The molecule has 0 fully saturated rings. The Bertz CT molecular complexity index is 585. The first-order chi connectivity index (χ1) is 9.09. The monoisotopic (exact) mass is 278 g/mol. The van der Waals surface area contributed by atoms with Crippen molar-refractivity contribution in [3.8, 4) is 5.69 Å². The Balaban J connectivity index is 2.27. The Morgan fingerprint density at radius 3 is 2.89 bits per heavy atom. The summed E-state index contributed by atoms with van der Waals surface area (Å²) in [5, 5.41) is 19.9. The van der Waals surface area contributed by atoms with Gasteiger partial charge < -0.3 is 5.11 Å². The fourth-order valence-corrected chi connectivity index (χ4v) is 2.05. The highest BCUT2D eigenvalue weighted by molar-refractivity contribution is 7.80. The first-order valence-electron chi connectivity index (χ1n) is 5.83. The van der Waals surface area contributed by atoms with E-state index in [9.17, 15) is 4.79 Å². The third kappa shape index (κ3) is 3.11. The molecule has 0 aliphatic carbocycles. The molecule has 0 amide bonds. The molecule has 1 heterocycles. The maximum Gasteiger partial charge on any atom is 0.303 e. The van der Waals surface area contributed by atoms with Crippen molar-refractivity contribution in [2.45, 2.75) is 25.0 Å². The summed E-state index contributed by atoms with van der Waals surface area (Å²) in [6.45, 7) is 1.96.